The molecule has 0 aromatic heterocycles. The maximum atomic E-state index is 11.0. The van der Waals surface area contributed by atoms with Crippen LogP contribution >= 0.6 is 0 Å². The Kier molecular flexibility index (Phi) is 4.24. The fourth-order valence-electron chi connectivity index (χ4n) is 3.33. The maximum Gasteiger partial charge on any atom is 0.0951 e. The van der Waals surface area contributed by atoms with Gasteiger partial charge in [0.05, 0.1) is 6.10 Å². The largest absolute Gasteiger partial charge is 0.387 e. The molecule has 1 aliphatic heterocycles. The Labute approximate surface area is 126 Å². The van der Waals surface area contributed by atoms with Crippen molar-refractivity contribution in [2.75, 3.05) is 26.2 Å². The van der Waals surface area contributed by atoms with Crippen LogP contribution in [-0.2, 0) is 0 Å². The van der Waals surface area contributed by atoms with Gasteiger partial charge in [-0.05, 0) is 35.7 Å². The first-order valence-electron chi connectivity index (χ1n) is 7.79. The zero-order valence-electron chi connectivity index (χ0n) is 12.8. The second-order valence-corrected chi connectivity index (χ2v) is 5.99. The Bertz CT molecular complexity index is 620. The van der Waals surface area contributed by atoms with E-state index in [9.17, 15) is 5.11 Å². The van der Waals surface area contributed by atoms with Crippen LogP contribution in [0.25, 0.3) is 10.8 Å². The average Bonchev–Trinajstić information content (AvgIpc) is 2.54. The summed E-state index contributed by atoms with van der Waals surface area (Å²) in [7, 11) is 0. The Balaban J connectivity index is 1.96. The first-order chi connectivity index (χ1) is 10.2. The van der Waals surface area contributed by atoms with Gasteiger partial charge in [0.2, 0.25) is 0 Å². The van der Waals surface area contributed by atoms with Crippen molar-refractivity contribution in [2.24, 2.45) is 0 Å². The van der Waals surface area contributed by atoms with Gasteiger partial charge in [0.25, 0.3) is 0 Å². The molecule has 0 bridgehead atoms. The molecule has 1 heterocycles. The van der Waals surface area contributed by atoms with Crippen LogP contribution in [0.3, 0.4) is 0 Å². The van der Waals surface area contributed by atoms with Crippen LogP contribution in [0.4, 0.5) is 0 Å². The molecule has 1 fully saturated rings. The zero-order valence-corrected chi connectivity index (χ0v) is 12.8. The van der Waals surface area contributed by atoms with Gasteiger partial charge in [0.15, 0.2) is 0 Å². The van der Waals surface area contributed by atoms with Gasteiger partial charge in [0.1, 0.15) is 0 Å². The lowest BCUT2D eigenvalue weighted by Gasteiger charge is -2.36. The fourth-order valence-corrected chi connectivity index (χ4v) is 3.33. The number of nitrogens with one attached hydrogen (secondary N) is 1. The number of benzene rings is 2. The van der Waals surface area contributed by atoms with Crippen LogP contribution in [-0.4, -0.2) is 42.2 Å². The van der Waals surface area contributed by atoms with Crippen molar-refractivity contribution in [3.63, 3.8) is 0 Å². The van der Waals surface area contributed by atoms with Gasteiger partial charge < -0.3 is 10.4 Å². The van der Waals surface area contributed by atoms with Gasteiger partial charge in [-0.2, -0.15) is 0 Å². The van der Waals surface area contributed by atoms with Gasteiger partial charge >= 0.3 is 0 Å². The normalized spacial score (nSPS) is 19.6. The van der Waals surface area contributed by atoms with Crippen LogP contribution in [0.2, 0.25) is 0 Å². The summed E-state index contributed by atoms with van der Waals surface area (Å²) in [6, 6.07) is 12.7. The second-order valence-electron chi connectivity index (χ2n) is 5.99. The summed E-state index contributed by atoms with van der Waals surface area (Å²) < 4.78 is 0. The van der Waals surface area contributed by atoms with Gasteiger partial charge in [-0.3, -0.25) is 4.90 Å². The summed E-state index contributed by atoms with van der Waals surface area (Å²) in [5.74, 6) is 0. The molecule has 0 spiro atoms. The van der Waals surface area contributed by atoms with Crippen molar-refractivity contribution < 1.29 is 5.11 Å². The van der Waals surface area contributed by atoms with Gasteiger partial charge in [-0.15, -0.1) is 0 Å². The molecular formula is C18H24N2O. The molecule has 2 N–H and O–H groups in total. The highest BCUT2D eigenvalue weighted by Crippen LogP contribution is 2.31. The Morgan fingerprint density at radius 2 is 1.81 bits per heavy atom. The number of rotatable bonds is 3. The molecule has 2 unspecified atom stereocenters. The molecule has 2 aromatic carbocycles. The Morgan fingerprint density at radius 3 is 2.57 bits per heavy atom. The molecule has 112 valence electrons. The van der Waals surface area contributed by atoms with Crippen LogP contribution in [0.15, 0.2) is 36.4 Å². The molecule has 0 amide bonds. The summed E-state index contributed by atoms with van der Waals surface area (Å²) in [5.41, 5.74) is 2.25. The second kappa shape index (κ2) is 6.14. The molecule has 3 heteroatoms. The number of piperazine rings is 1. The molecule has 0 aliphatic carbocycles. The van der Waals surface area contributed by atoms with E-state index >= 15 is 0 Å². The molecule has 1 aliphatic rings. The lowest BCUT2D eigenvalue weighted by molar-refractivity contribution is 0.0515. The van der Waals surface area contributed by atoms with Crippen molar-refractivity contribution in [3.05, 3.63) is 47.5 Å². The topological polar surface area (TPSA) is 35.5 Å². The molecular weight excluding hydrogens is 260 g/mol. The quantitative estimate of drug-likeness (QED) is 0.909. The molecule has 0 radical (unpaired) electrons. The van der Waals surface area contributed by atoms with E-state index in [4.69, 9.17) is 0 Å². The monoisotopic (exact) mass is 284 g/mol. The third-order valence-electron chi connectivity index (χ3n) is 4.67. The molecule has 2 atom stereocenters. The number of hydrogen-bond donors (Lipinski definition) is 2. The predicted octanol–water partition coefficient (Wildman–Crippen LogP) is 2.48. The molecule has 3 rings (SSSR count). The molecule has 2 aromatic rings. The molecule has 21 heavy (non-hydrogen) atoms. The lowest BCUT2D eigenvalue weighted by Crippen LogP contribution is -2.49. The maximum absolute atomic E-state index is 11.0. The van der Waals surface area contributed by atoms with Crippen LogP contribution in [0, 0.1) is 6.92 Å². The van der Waals surface area contributed by atoms with Crippen LogP contribution in [0.1, 0.15) is 24.2 Å². The highest BCUT2D eigenvalue weighted by Gasteiger charge is 2.26. The van der Waals surface area contributed by atoms with E-state index in [0.29, 0.717) is 0 Å². The zero-order chi connectivity index (χ0) is 14.8. The van der Waals surface area contributed by atoms with Crippen molar-refractivity contribution in [1.82, 2.24) is 10.2 Å². The van der Waals surface area contributed by atoms with Crippen molar-refractivity contribution >= 4 is 10.8 Å². The standard InChI is InChI=1S/C18H24N2O/c1-13-7-8-15-5-3-4-6-16(15)17(13)18(21)14(2)20-11-9-19-10-12-20/h3-8,14,18-19,21H,9-12H2,1-2H3. The van der Waals surface area contributed by atoms with Crippen LogP contribution in [0.5, 0.6) is 0 Å². The van der Waals surface area contributed by atoms with E-state index in [1.54, 1.807) is 0 Å². The molecule has 3 nitrogen and oxygen atoms in total. The third kappa shape index (κ3) is 2.82. The average molecular weight is 284 g/mol. The SMILES string of the molecule is Cc1ccc2ccccc2c1C(O)C(C)N1CCNCC1. The smallest absolute Gasteiger partial charge is 0.0951 e. The van der Waals surface area contributed by atoms with E-state index in [1.165, 1.54) is 16.3 Å². The van der Waals surface area contributed by atoms with Crippen molar-refractivity contribution in [1.29, 1.82) is 0 Å². The number of aliphatic hydroxyl groups is 1. The Hall–Kier alpha value is -1.42. The van der Waals surface area contributed by atoms with E-state index in [-0.39, 0.29) is 6.04 Å². The molecule has 1 saturated heterocycles. The number of hydrogen-bond acceptors (Lipinski definition) is 3. The first kappa shape index (κ1) is 14.5. The van der Waals surface area contributed by atoms with Crippen molar-refractivity contribution in [2.45, 2.75) is 26.0 Å². The Morgan fingerprint density at radius 1 is 1.10 bits per heavy atom. The van der Waals surface area contributed by atoms with Gasteiger partial charge in [-0.1, -0.05) is 36.4 Å². The lowest BCUT2D eigenvalue weighted by atomic mass is 9.92. The first-order valence-corrected chi connectivity index (χ1v) is 7.79. The number of fused-ring (bicyclic) bond motifs is 1. The predicted molar refractivity (Wildman–Crippen MR) is 87.5 cm³/mol. The molecule has 0 saturated carbocycles. The highest BCUT2D eigenvalue weighted by atomic mass is 16.3. The summed E-state index contributed by atoms with van der Waals surface area (Å²) in [5, 5.41) is 16.7. The summed E-state index contributed by atoms with van der Waals surface area (Å²) >= 11 is 0. The highest BCUT2D eigenvalue weighted by molar-refractivity contribution is 5.87. The minimum Gasteiger partial charge on any atom is -0.387 e. The van der Waals surface area contributed by atoms with E-state index in [1.807, 2.05) is 12.1 Å². The van der Waals surface area contributed by atoms with E-state index < -0.39 is 6.10 Å². The number of nitrogens with zero attached hydrogens (tertiary/aromatic N) is 1. The number of aliphatic hydroxyl groups excluding tert-OH is 1. The number of aryl methyl sites for hydroxylation is 1. The summed E-state index contributed by atoms with van der Waals surface area (Å²) in [6.45, 7) is 8.24. The third-order valence-corrected chi connectivity index (χ3v) is 4.67. The van der Waals surface area contributed by atoms with E-state index in [0.717, 1.165) is 31.7 Å². The van der Waals surface area contributed by atoms with Crippen molar-refractivity contribution in [3.8, 4) is 0 Å². The summed E-state index contributed by atoms with van der Waals surface area (Å²) in [6.07, 6.45) is -0.450. The minimum absolute atomic E-state index is 0.136. The van der Waals surface area contributed by atoms with Crippen LogP contribution < -0.4 is 5.32 Å². The summed E-state index contributed by atoms with van der Waals surface area (Å²) in [4.78, 5) is 2.38. The van der Waals surface area contributed by atoms with Gasteiger partial charge in [-0.25, -0.2) is 0 Å². The minimum atomic E-state index is -0.450. The fraction of sp³-hybridized carbons (Fsp3) is 0.444. The van der Waals surface area contributed by atoms with E-state index in [2.05, 4.69) is 48.3 Å². The van der Waals surface area contributed by atoms with Gasteiger partial charge in [0, 0.05) is 32.2 Å².